The lowest BCUT2D eigenvalue weighted by Gasteiger charge is -2.20. The predicted molar refractivity (Wildman–Crippen MR) is 112 cm³/mol. The van der Waals surface area contributed by atoms with Crippen molar-refractivity contribution in [1.82, 2.24) is 5.32 Å². The molecule has 4 nitrogen and oxygen atoms in total. The van der Waals surface area contributed by atoms with E-state index in [-0.39, 0.29) is 5.97 Å². The minimum Gasteiger partial charge on any atom is -0.493 e. The van der Waals surface area contributed by atoms with Crippen LogP contribution in [0.1, 0.15) is 65.7 Å². The Hall–Kier alpha value is -2.33. The molecule has 1 aliphatic carbocycles. The molecular formula is C24H31NO3. The number of carbonyl (C=O) groups excluding carboxylic acids is 1. The highest BCUT2D eigenvalue weighted by molar-refractivity contribution is 5.89. The lowest BCUT2D eigenvalue weighted by Crippen LogP contribution is -2.24. The molecule has 2 aromatic rings. The van der Waals surface area contributed by atoms with Crippen LogP contribution in [0.5, 0.6) is 5.75 Å². The second-order valence-electron chi connectivity index (χ2n) is 7.36. The molecule has 2 aromatic carbocycles. The van der Waals surface area contributed by atoms with Crippen molar-refractivity contribution in [2.45, 2.75) is 51.5 Å². The zero-order valence-electron chi connectivity index (χ0n) is 17.0. The van der Waals surface area contributed by atoms with Gasteiger partial charge in [-0.1, -0.05) is 37.6 Å². The van der Waals surface area contributed by atoms with Gasteiger partial charge in [-0.15, -0.1) is 0 Å². The summed E-state index contributed by atoms with van der Waals surface area (Å²) in [6.45, 7) is 3.78. The quantitative estimate of drug-likeness (QED) is 0.524. The maximum Gasteiger partial charge on any atom is 0.337 e. The van der Waals surface area contributed by atoms with Crippen LogP contribution in [0.25, 0.3) is 0 Å². The highest BCUT2D eigenvalue weighted by Gasteiger charge is 2.20. The number of hydrogen-bond acceptors (Lipinski definition) is 4. The van der Waals surface area contributed by atoms with E-state index in [0.717, 1.165) is 51.0 Å². The molecule has 0 fully saturated rings. The molecule has 1 atom stereocenters. The first kappa shape index (κ1) is 20.4. The standard InChI is InChI=1S/C24H31NO3/c1-3-16-28-23-11-7-5-8-18(23)14-15-25-22-10-6-4-9-19-17-20(24(26)27-2)12-13-21(19)22/h5,7-8,11-13,17,22,25H,3-4,6,9-10,14-16H2,1-2H3. The van der Waals surface area contributed by atoms with E-state index in [9.17, 15) is 4.79 Å². The lowest BCUT2D eigenvalue weighted by atomic mass is 9.96. The van der Waals surface area contributed by atoms with Crippen LogP contribution < -0.4 is 10.1 Å². The Bertz CT molecular complexity index is 787. The second kappa shape index (κ2) is 10.3. The molecule has 0 radical (unpaired) electrons. The molecule has 28 heavy (non-hydrogen) atoms. The third-order valence-electron chi connectivity index (χ3n) is 5.35. The SMILES string of the molecule is CCCOc1ccccc1CCNC1CCCCc2cc(C(=O)OC)ccc21. The fraction of sp³-hybridized carbons (Fsp3) is 0.458. The van der Waals surface area contributed by atoms with Crippen molar-refractivity contribution in [1.29, 1.82) is 0 Å². The summed E-state index contributed by atoms with van der Waals surface area (Å²) in [7, 11) is 1.43. The number of hydrogen-bond donors (Lipinski definition) is 1. The zero-order valence-corrected chi connectivity index (χ0v) is 17.0. The van der Waals surface area contributed by atoms with E-state index in [4.69, 9.17) is 9.47 Å². The summed E-state index contributed by atoms with van der Waals surface area (Å²) in [4.78, 5) is 11.9. The Morgan fingerprint density at radius 3 is 2.86 bits per heavy atom. The van der Waals surface area contributed by atoms with Gasteiger partial charge < -0.3 is 14.8 Å². The Morgan fingerprint density at radius 2 is 2.04 bits per heavy atom. The summed E-state index contributed by atoms with van der Waals surface area (Å²) in [5.74, 6) is 0.732. The van der Waals surface area contributed by atoms with E-state index in [2.05, 4.69) is 36.5 Å². The maximum atomic E-state index is 11.9. The van der Waals surface area contributed by atoms with E-state index in [1.165, 1.54) is 30.2 Å². The first-order valence-electron chi connectivity index (χ1n) is 10.4. The highest BCUT2D eigenvalue weighted by atomic mass is 16.5. The number of carbonyl (C=O) groups is 1. The molecule has 0 spiro atoms. The zero-order chi connectivity index (χ0) is 19.8. The molecule has 150 valence electrons. The number of methoxy groups -OCH3 is 1. The maximum absolute atomic E-state index is 11.9. The van der Waals surface area contributed by atoms with E-state index < -0.39 is 0 Å². The molecule has 0 aliphatic heterocycles. The fourth-order valence-electron chi connectivity index (χ4n) is 3.88. The molecule has 0 heterocycles. The van der Waals surface area contributed by atoms with Crippen LogP contribution in [0.4, 0.5) is 0 Å². The Balaban J connectivity index is 1.66. The second-order valence-corrected chi connectivity index (χ2v) is 7.36. The first-order valence-corrected chi connectivity index (χ1v) is 10.4. The van der Waals surface area contributed by atoms with Gasteiger partial charge in [0.05, 0.1) is 19.3 Å². The predicted octanol–water partition coefficient (Wildman–Crippen LogP) is 4.86. The normalized spacial score (nSPS) is 16.1. The van der Waals surface area contributed by atoms with Crippen LogP contribution >= 0.6 is 0 Å². The van der Waals surface area contributed by atoms with Gasteiger partial charge in [0.15, 0.2) is 0 Å². The van der Waals surface area contributed by atoms with Crippen LogP contribution in [0.3, 0.4) is 0 Å². The summed E-state index contributed by atoms with van der Waals surface area (Å²) in [6, 6.07) is 14.6. The molecule has 0 saturated heterocycles. The Labute approximate surface area is 168 Å². The number of aryl methyl sites for hydroxylation is 1. The summed E-state index contributed by atoms with van der Waals surface area (Å²) < 4.78 is 10.8. The summed E-state index contributed by atoms with van der Waals surface area (Å²) in [6.07, 6.45) is 6.44. The van der Waals surface area contributed by atoms with Gasteiger partial charge in [0.1, 0.15) is 5.75 Å². The number of fused-ring (bicyclic) bond motifs is 1. The van der Waals surface area contributed by atoms with E-state index in [1.54, 1.807) is 0 Å². The number of ether oxygens (including phenoxy) is 2. The molecule has 0 bridgehead atoms. The van der Waals surface area contributed by atoms with E-state index >= 15 is 0 Å². The van der Waals surface area contributed by atoms with Crippen molar-refractivity contribution in [3.05, 3.63) is 64.7 Å². The number of esters is 1. The molecular weight excluding hydrogens is 350 g/mol. The van der Waals surface area contributed by atoms with Gasteiger partial charge in [-0.2, -0.15) is 0 Å². The molecule has 3 rings (SSSR count). The monoisotopic (exact) mass is 381 g/mol. The number of para-hydroxylation sites is 1. The molecule has 0 amide bonds. The average Bonchev–Trinajstić information content (AvgIpc) is 2.94. The Morgan fingerprint density at radius 1 is 1.18 bits per heavy atom. The smallest absolute Gasteiger partial charge is 0.337 e. The highest BCUT2D eigenvalue weighted by Crippen LogP contribution is 2.30. The minimum absolute atomic E-state index is 0.264. The summed E-state index contributed by atoms with van der Waals surface area (Å²) in [5, 5.41) is 3.74. The van der Waals surface area contributed by atoms with Gasteiger partial charge in [0.2, 0.25) is 0 Å². The largest absolute Gasteiger partial charge is 0.493 e. The van der Waals surface area contributed by atoms with Crippen LogP contribution in [-0.2, 0) is 17.6 Å². The first-order chi connectivity index (χ1) is 13.7. The summed E-state index contributed by atoms with van der Waals surface area (Å²) in [5.41, 5.74) is 4.48. The van der Waals surface area contributed by atoms with Gasteiger partial charge in [-0.25, -0.2) is 4.79 Å². The van der Waals surface area contributed by atoms with Crippen molar-refractivity contribution >= 4 is 5.97 Å². The van der Waals surface area contributed by atoms with Gasteiger partial charge >= 0.3 is 5.97 Å². The van der Waals surface area contributed by atoms with Crippen molar-refractivity contribution in [3.63, 3.8) is 0 Å². The average molecular weight is 382 g/mol. The van der Waals surface area contributed by atoms with Gasteiger partial charge in [0, 0.05) is 6.04 Å². The minimum atomic E-state index is -0.264. The topological polar surface area (TPSA) is 47.6 Å². The van der Waals surface area contributed by atoms with Crippen molar-refractivity contribution < 1.29 is 14.3 Å². The van der Waals surface area contributed by atoms with Gasteiger partial charge in [0.25, 0.3) is 0 Å². The third-order valence-corrected chi connectivity index (χ3v) is 5.35. The molecule has 0 aromatic heterocycles. The molecule has 4 heteroatoms. The lowest BCUT2D eigenvalue weighted by molar-refractivity contribution is 0.0600. The van der Waals surface area contributed by atoms with Crippen molar-refractivity contribution in [2.24, 2.45) is 0 Å². The van der Waals surface area contributed by atoms with Crippen molar-refractivity contribution in [3.8, 4) is 5.75 Å². The Kier molecular flexibility index (Phi) is 7.49. The van der Waals surface area contributed by atoms with E-state index in [1.807, 2.05) is 18.2 Å². The number of benzene rings is 2. The molecule has 1 aliphatic rings. The number of rotatable bonds is 8. The van der Waals surface area contributed by atoms with Crippen LogP contribution in [0.15, 0.2) is 42.5 Å². The van der Waals surface area contributed by atoms with Crippen LogP contribution in [0, 0.1) is 0 Å². The molecule has 0 saturated carbocycles. The van der Waals surface area contributed by atoms with Gasteiger partial charge in [-0.3, -0.25) is 0 Å². The number of nitrogens with one attached hydrogen (secondary N) is 1. The van der Waals surface area contributed by atoms with Crippen molar-refractivity contribution in [2.75, 3.05) is 20.3 Å². The third kappa shape index (κ3) is 5.14. The fourth-order valence-corrected chi connectivity index (χ4v) is 3.88. The molecule has 1 N–H and O–H groups in total. The van der Waals surface area contributed by atoms with Crippen LogP contribution in [0.2, 0.25) is 0 Å². The van der Waals surface area contributed by atoms with Crippen LogP contribution in [-0.4, -0.2) is 26.2 Å². The summed E-state index contributed by atoms with van der Waals surface area (Å²) >= 11 is 0. The van der Waals surface area contributed by atoms with E-state index in [0.29, 0.717) is 11.6 Å². The molecule has 1 unspecified atom stereocenters. The van der Waals surface area contributed by atoms with Gasteiger partial charge in [-0.05, 0) is 73.5 Å².